The van der Waals surface area contributed by atoms with Gasteiger partial charge in [-0.3, -0.25) is 4.90 Å². The molecule has 0 aliphatic carbocycles. The minimum absolute atomic E-state index is 0.183. The van der Waals surface area contributed by atoms with Crippen LogP contribution in [0.4, 0.5) is 16.3 Å². The number of nitrogen functional groups attached to an aromatic ring is 1. The number of nitrogens with two attached hydrogens (primary N) is 1. The summed E-state index contributed by atoms with van der Waals surface area (Å²) in [6.45, 7) is 0. The fourth-order valence-corrected chi connectivity index (χ4v) is 2.11. The molecule has 3 rings (SSSR count). The molecule has 0 saturated heterocycles. The molecule has 3 aromatic rings. The van der Waals surface area contributed by atoms with Crippen LogP contribution < -0.4 is 16.3 Å². The molecule has 0 unspecified atom stereocenters. The second kappa shape index (κ2) is 4.88. The molecule has 4 N–H and O–H groups in total. The Morgan fingerprint density at radius 3 is 2.64 bits per heavy atom. The Balaban J connectivity index is 2.13. The van der Waals surface area contributed by atoms with E-state index in [9.17, 15) is 9.59 Å². The van der Waals surface area contributed by atoms with E-state index in [-0.39, 0.29) is 5.82 Å². The zero-order valence-corrected chi connectivity index (χ0v) is 11.5. The smallest absolute Gasteiger partial charge is 0.411 e. The third-order valence-corrected chi connectivity index (χ3v) is 3.29. The van der Waals surface area contributed by atoms with E-state index in [1.54, 1.807) is 24.3 Å². The van der Waals surface area contributed by atoms with E-state index in [1.807, 2.05) is 0 Å². The molecule has 0 spiro atoms. The molecule has 0 bridgehead atoms. The van der Waals surface area contributed by atoms with Gasteiger partial charge in [0.25, 0.3) is 0 Å². The summed E-state index contributed by atoms with van der Waals surface area (Å²) in [7, 11) is 1.43. The zero-order chi connectivity index (χ0) is 15.9. The van der Waals surface area contributed by atoms with Gasteiger partial charge in [0.2, 0.25) is 0 Å². The molecule has 9 nitrogen and oxygen atoms in total. The largest absolute Gasteiger partial charge is 0.465 e. The van der Waals surface area contributed by atoms with Gasteiger partial charge in [0, 0.05) is 12.7 Å². The number of carboxylic acid groups (broad SMARTS) is 1. The lowest BCUT2D eigenvalue weighted by atomic mass is 10.2. The standard InChI is InChI=1S/C13H12N6O3/c1-18(13(21)22)7-2-4-8(5-3-7)19-11-9(17-12(19)20)10(14)15-6-16-11/h2-6H,1H3,(H,17,20)(H,21,22)(H2,14,15,16). The van der Waals surface area contributed by atoms with Gasteiger partial charge in [0.15, 0.2) is 11.5 Å². The van der Waals surface area contributed by atoms with E-state index >= 15 is 0 Å². The summed E-state index contributed by atoms with van der Waals surface area (Å²) in [4.78, 5) is 34.6. The summed E-state index contributed by atoms with van der Waals surface area (Å²) in [6, 6.07) is 6.45. The average molecular weight is 300 g/mol. The first kappa shape index (κ1) is 13.6. The summed E-state index contributed by atoms with van der Waals surface area (Å²) >= 11 is 0. The number of H-pyrrole nitrogens is 1. The fraction of sp³-hybridized carbons (Fsp3) is 0.0769. The Labute approximate surface area is 123 Å². The lowest BCUT2D eigenvalue weighted by molar-refractivity contribution is 0.203. The molecule has 0 aliphatic heterocycles. The van der Waals surface area contributed by atoms with Gasteiger partial charge in [-0.1, -0.05) is 0 Å². The SMILES string of the molecule is CN(C(=O)O)c1ccc(-n2c(=O)[nH]c3c(N)ncnc32)cc1. The number of amides is 1. The average Bonchev–Trinajstić information content (AvgIpc) is 2.84. The fourth-order valence-electron chi connectivity index (χ4n) is 2.11. The Hall–Kier alpha value is -3.36. The van der Waals surface area contributed by atoms with Crippen molar-refractivity contribution in [2.45, 2.75) is 0 Å². The first-order valence-corrected chi connectivity index (χ1v) is 6.27. The van der Waals surface area contributed by atoms with E-state index in [0.717, 1.165) is 4.90 Å². The lowest BCUT2D eigenvalue weighted by Crippen LogP contribution is -2.23. The minimum atomic E-state index is -1.07. The first-order valence-electron chi connectivity index (χ1n) is 6.27. The van der Waals surface area contributed by atoms with Crippen molar-refractivity contribution in [2.75, 3.05) is 17.7 Å². The number of carbonyl (C=O) groups is 1. The Kier molecular flexibility index (Phi) is 3.02. The normalized spacial score (nSPS) is 10.8. The highest BCUT2D eigenvalue weighted by Crippen LogP contribution is 2.19. The van der Waals surface area contributed by atoms with Crippen LogP contribution in [0, 0.1) is 0 Å². The van der Waals surface area contributed by atoms with Gasteiger partial charge >= 0.3 is 11.8 Å². The number of hydrogen-bond donors (Lipinski definition) is 3. The topological polar surface area (TPSA) is 130 Å². The number of aromatic nitrogens is 4. The zero-order valence-electron chi connectivity index (χ0n) is 11.5. The Morgan fingerprint density at radius 1 is 1.32 bits per heavy atom. The molecule has 112 valence electrons. The molecule has 2 aromatic heterocycles. The van der Waals surface area contributed by atoms with Gasteiger partial charge in [0.1, 0.15) is 11.8 Å². The molecular weight excluding hydrogens is 288 g/mol. The van der Waals surface area contributed by atoms with E-state index in [1.165, 1.54) is 17.9 Å². The van der Waals surface area contributed by atoms with Gasteiger partial charge in [-0.25, -0.2) is 24.1 Å². The van der Waals surface area contributed by atoms with Crippen molar-refractivity contribution in [1.82, 2.24) is 19.5 Å². The predicted octanol–water partition coefficient (Wildman–Crippen LogP) is 0.805. The van der Waals surface area contributed by atoms with E-state index in [0.29, 0.717) is 22.5 Å². The summed E-state index contributed by atoms with van der Waals surface area (Å²) in [5.74, 6) is 0.183. The highest BCUT2D eigenvalue weighted by atomic mass is 16.4. The Bertz CT molecular complexity index is 912. The first-order chi connectivity index (χ1) is 10.5. The number of nitrogens with one attached hydrogen (secondary N) is 1. The van der Waals surface area contributed by atoms with Crippen molar-refractivity contribution < 1.29 is 9.90 Å². The molecular formula is C13H12N6O3. The van der Waals surface area contributed by atoms with Crippen LogP contribution in [0.5, 0.6) is 0 Å². The van der Waals surface area contributed by atoms with Crippen LogP contribution in [-0.2, 0) is 0 Å². The van der Waals surface area contributed by atoms with Gasteiger partial charge in [-0.05, 0) is 24.3 Å². The van der Waals surface area contributed by atoms with Crippen molar-refractivity contribution in [3.8, 4) is 5.69 Å². The monoisotopic (exact) mass is 300 g/mol. The summed E-state index contributed by atoms with van der Waals surface area (Å²) in [6.07, 6.45) is 0.200. The molecule has 0 saturated carbocycles. The van der Waals surface area contributed by atoms with E-state index in [4.69, 9.17) is 10.8 Å². The molecule has 9 heteroatoms. The van der Waals surface area contributed by atoms with Gasteiger partial charge in [-0.2, -0.15) is 0 Å². The number of rotatable bonds is 2. The van der Waals surface area contributed by atoms with Crippen LogP contribution in [0.25, 0.3) is 16.9 Å². The van der Waals surface area contributed by atoms with Gasteiger partial charge in [-0.15, -0.1) is 0 Å². The summed E-state index contributed by atoms with van der Waals surface area (Å²) < 4.78 is 1.35. The number of nitrogens with zero attached hydrogens (tertiary/aromatic N) is 4. The van der Waals surface area contributed by atoms with Crippen molar-refractivity contribution in [1.29, 1.82) is 0 Å². The minimum Gasteiger partial charge on any atom is -0.465 e. The van der Waals surface area contributed by atoms with E-state index in [2.05, 4.69) is 15.0 Å². The van der Waals surface area contributed by atoms with Gasteiger partial charge < -0.3 is 15.8 Å². The van der Waals surface area contributed by atoms with Crippen LogP contribution in [0.2, 0.25) is 0 Å². The molecule has 0 atom stereocenters. The highest BCUT2D eigenvalue weighted by Gasteiger charge is 2.13. The molecule has 22 heavy (non-hydrogen) atoms. The van der Waals surface area contributed by atoms with Crippen LogP contribution in [0.15, 0.2) is 35.4 Å². The third-order valence-electron chi connectivity index (χ3n) is 3.29. The summed E-state index contributed by atoms with van der Waals surface area (Å²) in [5.41, 5.74) is 7.05. The Morgan fingerprint density at radius 2 is 2.00 bits per heavy atom. The number of benzene rings is 1. The number of anilines is 2. The molecule has 2 heterocycles. The molecule has 1 amide bonds. The van der Waals surface area contributed by atoms with Crippen molar-refractivity contribution in [2.24, 2.45) is 0 Å². The molecule has 0 fully saturated rings. The van der Waals surface area contributed by atoms with Crippen molar-refractivity contribution >= 4 is 28.8 Å². The number of aromatic amines is 1. The highest BCUT2D eigenvalue weighted by molar-refractivity contribution is 5.86. The maximum atomic E-state index is 12.1. The number of imidazole rings is 1. The maximum absolute atomic E-state index is 12.1. The van der Waals surface area contributed by atoms with Crippen LogP contribution >= 0.6 is 0 Å². The lowest BCUT2D eigenvalue weighted by Gasteiger charge is -2.13. The molecule has 1 aromatic carbocycles. The predicted molar refractivity (Wildman–Crippen MR) is 80.3 cm³/mol. The summed E-state index contributed by atoms with van der Waals surface area (Å²) in [5, 5.41) is 8.94. The van der Waals surface area contributed by atoms with Crippen LogP contribution in [0.1, 0.15) is 0 Å². The van der Waals surface area contributed by atoms with Crippen molar-refractivity contribution in [3.63, 3.8) is 0 Å². The van der Waals surface area contributed by atoms with Crippen LogP contribution in [0.3, 0.4) is 0 Å². The number of fused-ring (bicyclic) bond motifs is 1. The van der Waals surface area contributed by atoms with Crippen molar-refractivity contribution in [3.05, 3.63) is 41.1 Å². The van der Waals surface area contributed by atoms with Crippen LogP contribution in [-0.4, -0.2) is 37.8 Å². The second-order valence-electron chi connectivity index (χ2n) is 4.58. The molecule has 0 radical (unpaired) electrons. The van der Waals surface area contributed by atoms with Gasteiger partial charge in [0.05, 0.1) is 5.69 Å². The maximum Gasteiger partial charge on any atom is 0.411 e. The quantitative estimate of drug-likeness (QED) is 0.642. The second-order valence-corrected chi connectivity index (χ2v) is 4.58. The third kappa shape index (κ3) is 2.04. The molecule has 0 aliphatic rings. The number of hydrogen-bond acceptors (Lipinski definition) is 5. The van der Waals surface area contributed by atoms with E-state index < -0.39 is 11.8 Å².